The predicted octanol–water partition coefficient (Wildman–Crippen LogP) is 0.576. The van der Waals surface area contributed by atoms with Gasteiger partial charge in [-0.25, -0.2) is 4.79 Å². The maximum absolute atomic E-state index is 11.8. The van der Waals surface area contributed by atoms with Crippen molar-refractivity contribution < 1.29 is 14.6 Å². The van der Waals surface area contributed by atoms with Crippen LogP contribution in [0.1, 0.15) is 27.7 Å². The summed E-state index contributed by atoms with van der Waals surface area (Å²) >= 11 is 0. The van der Waals surface area contributed by atoms with Crippen LogP contribution in [0.5, 0.6) is 0 Å². The van der Waals surface area contributed by atoms with Gasteiger partial charge >= 0.3 is 6.09 Å². The maximum Gasteiger partial charge on any atom is 0.410 e. The van der Waals surface area contributed by atoms with Gasteiger partial charge in [-0.3, -0.25) is 0 Å². The van der Waals surface area contributed by atoms with Crippen LogP contribution >= 0.6 is 0 Å². The zero-order valence-electron chi connectivity index (χ0n) is 10.5. The molecular formula is C11H22N2O3. The van der Waals surface area contributed by atoms with E-state index in [9.17, 15) is 9.90 Å². The Balaban J connectivity index is 2.50. The SMILES string of the molecule is CC(O)[C@H]1CN(C(=O)OC(C)(C)C)CCN1. The number of amides is 1. The number of ether oxygens (including phenoxy) is 1. The van der Waals surface area contributed by atoms with Crippen molar-refractivity contribution in [2.75, 3.05) is 19.6 Å². The van der Waals surface area contributed by atoms with Crippen molar-refractivity contribution in [2.24, 2.45) is 0 Å². The number of nitrogens with one attached hydrogen (secondary N) is 1. The molecule has 0 aromatic rings. The van der Waals surface area contributed by atoms with Gasteiger partial charge in [0.2, 0.25) is 0 Å². The van der Waals surface area contributed by atoms with Crippen LogP contribution in [0.15, 0.2) is 0 Å². The molecular weight excluding hydrogens is 208 g/mol. The molecule has 1 saturated heterocycles. The van der Waals surface area contributed by atoms with Gasteiger partial charge in [-0.05, 0) is 27.7 Å². The highest BCUT2D eigenvalue weighted by Gasteiger charge is 2.28. The zero-order chi connectivity index (χ0) is 12.3. The molecule has 0 saturated carbocycles. The average Bonchev–Trinajstić information content (AvgIpc) is 2.15. The Morgan fingerprint density at radius 3 is 2.69 bits per heavy atom. The molecule has 5 nitrogen and oxygen atoms in total. The molecule has 1 fully saturated rings. The minimum absolute atomic E-state index is 0.0683. The largest absolute Gasteiger partial charge is 0.444 e. The quantitative estimate of drug-likeness (QED) is 0.691. The molecule has 1 unspecified atom stereocenters. The highest BCUT2D eigenvalue weighted by molar-refractivity contribution is 5.68. The lowest BCUT2D eigenvalue weighted by Gasteiger charge is -2.35. The molecule has 0 spiro atoms. The fraction of sp³-hybridized carbons (Fsp3) is 0.909. The first-order valence-corrected chi connectivity index (χ1v) is 5.69. The number of carbonyl (C=O) groups excluding carboxylic acids is 1. The minimum Gasteiger partial charge on any atom is -0.444 e. The van der Waals surface area contributed by atoms with E-state index in [2.05, 4.69) is 5.32 Å². The number of aliphatic hydroxyl groups is 1. The Labute approximate surface area is 96.8 Å². The van der Waals surface area contributed by atoms with Crippen LogP contribution in [-0.4, -0.2) is 53.5 Å². The minimum atomic E-state index is -0.470. The van der Waals surface area contributed by atoms with Crippen molar-refractivity contribution in [1.29, 1.82) is 0 Å². The van der Waals surface area contributed by atoms with Gasteiger partial charge in [-0.2, -0.15) is 0 Å². The molecule has 0 radical (unpaired) electrons. The van der Waals surface area contributed by atoms with E-state index in [1.54, 1.807) is 11.8 Å². The molecule has 1 aliphatic heterocycles. The maximum atomic E-state index is 11.8. The van der Waals surface area contributed by atoms with Crippen LogP contribution in [0.2, 0.25) is 0 Å². The summed E-state index contributed by atoms with van der Waals surface area (Å²) in [6, 6.07) is -0.0683. The molecule has 5 heteroatoms. The standard InChI is InChI=1S/C11H22N2O3/c1-8(14)9-7-13(6-5-12-9)10(15)16-11(2,3)4/h8-9,12,14H,5-7H2,1-4H3/t8?,9-/m1/s1. The van der Waals surface area contributed by atoms with Crippen LogP contribution in [0.3, 0.4) is 0 Å². The van der Waals surface area contributed by atoms with E-state index in [0.29, 0.717) is 19.6 Å². The molecule has 94 valence electrons. The molecule has 1 rings (SSSR count). The molecule has 2 N–H and O–H groups in total. The van der Waals surface area contributed by atoms with Crippen molar-refractivity contribution in [3.8, 4) is 0 Å². The number of aliphatic hydroxyl groups excluding tert-OH is 1. The first-order valence-electron chi connectivity index (χ1n) is 5.69. The monoisotopic (exact) mass is 230 g/mol. The average molecular weight is 230 g/mol. The van der Waals surface area contributed by atoms with Gasteiger partial charge in [0.1, 0.15) is 5.60 Å². The van der Waals surface area contributed by atoms with Crippen molar-refractivity contribution in [3.63, 3.8) is 0 Å². The van der Waals surface area contributed by atoms with E-state index < -0.39 is 11.7 Å². The topological polar surface area (TPSA) is 61.8 Å². The third-order valence-electron chi connectivity index (χ3n) is 2.44. The summed E-state index contributed by atoms with van der Waals surface area (Å²) < 4.78 is 5.28. The third kappa shape index (κ3) is 3.98. The van der Waals surface area contributed by atoms with Gasteiger partial charge in [-0.15, -0.1) is 0 Å². The Kier molecular flexibility index (Phi) is 4.15. The number of nitrogens with zero attached hydrogens (tertiary/aromatic N) is 1. The molecule has 0 aromatic carbocycles. The fourth-order valence-electron chi connectivity index (χ4n) is 1.59. The van der Waals surface area contributed by atoms with E-state index in [0.717, 1.165) is 0 Å². The summed E-state index contributed by atoms with van der Waals surface area (Å²) in [4.78, 5) is 13.4. The second kappa shape index (κ2) is 5.01. The molecule has 16 heavy (non-hydrogen) atoms. The lowest BCUT2D eigenvalue weighted by Crippen LogP contribution is -2.57. The fourth-order valence-corrected chi connectivity index (χ4v) is 1.59. The summed E-state index contributed by atoms with van der Waals surface area (Å²) in [7, 11) is 0. The number of hydrogen-bond acceptors (Lipinski definition) is 4. The molecule has 1 amide bonds. The Hall–Kier alpha value is -0.810. The Morgan fingerprint density at radius 2 is 2.19 bits per heavy atom. The number of piperazine rings is 1. The van der Waals surface area contributed by atoms with Gasteiger partial charge in [0.15, 0.2) is 0 Å². The third-order valence-corrected chi connectivity index (χ3v) is 2.44. The van der Waals surface area contributed by atoms with E-state index >= 15 is 0 Å². The number of hydrogen-bond donors (Lipinski definition) is 2. The van der Waals surface area contributed by atoms with Gasteiger partial charge in [-0.1, -0.05) is 0 Å². The van der Waals surface area contributed by atoms with E-state index in [1.807, 2.05) is 20.8 Å². The number of rotatable bonds is 1. The lowest BCUT2D eigenvalue weighted by molar-refractivity contribution is 0.0127. The molecule has 0 aromatic heterocycles. The van der Waals surface area contributed by atoms with Crippen molar-refractivity contribution in [3.05, 3.63) is 0 Å². The molecule has 1 aliphatic rings. The van der Waals surface area contributed by atoms with Crippen LogP contribution in [-0.2, 0) is 4.74 Å². The first-order chi connectivity index (χ1) is 7.29. The smallest absolute Gasteiger partial charge is 0.410 e. The van der Waals surface area contributed by atoms with E-state index in [1.165, 1.54) is 0 Å². The Bertz CT molecular complexity index is 248. The highest BCUT2D eigenvalue weighted by atomic mass is 16.6. The van der Waals surface area contributed by atoms with E-state index in [4.69, 9.17) is 4.74 Å². The highest BCUT2D eigenvalue weighted by Crippen LogP contribution is 2.12. The molecule has 1 heterocycles. The van der Waals surface area contributed by atoms with Crippen molar-refractivity contribution in [1.82, 2.24) is 10.2 Å². The summed E-state index contributed by atoms with van der Waals surface area (Å²) in [6.45, 7) is 9.06. The normalized spacial score (nSPS) is 24.1. The summed E-state index contributed by atoms with van der Waals surface area (Å²) in [6.07, 6.45) is -0.773. The van der Waals surface area contributed by atoms with Crippen LogP contribution in [0.4, 0.5) is 4.79 Å². The van der Waals surface area contributed by atoms with E-state index in [-0.39, 0.29) is 12.1 Å². The lowest BCUT2D eigenvalue weighted by atomic mass is 10.1. The molecule has 2 atom stereocenters. The predicted molar refractivity (Wildman–Crippen MR) is 61.3 cm³/mol. The molecule has 0 bridgehead atoms. The van der Waals surface area contributed by atoms with Crippen molar-refractivity contribution >= 4 is 6.09 Å². The van der Waals surface area contributed by atoms with Gasteiger partial charge < -0.3 is 20.1 Å². The summed E-state index contributed by atoms with van der Waals surface area (Å²) in [5, 5.41) is 12.6. The van der Waals surface area contributed by atoms with Crippen LogP contribution in [0.25, 0.3) is 0 Å². The van der Waals surface area contributed by atoms with Crippen LogP contribution < -0.4 is 5.32 Å². The van der Waals surface area contributed by atoms with Crippen LogP contribution in [0, 0.1) is 0 Å². The molecule has 0 aliphatic carbocycles. The Morgan fingerprint density at radius 1 is 1.56 bits per heavy atom. The second-order valence-corrected chi connectivity index (χ2v) is 5.23. The zero-order valence-corrected chi connectivity index (χ0v) is 10.5. The van der Waals surface area contributed by atoms with Gasteiger partial charge in [0, 0.05) is 19.6 Å². The first kappa shape index (κ1) is 13.3. The van der Waals surface area contributed by atoms with Gasteiger partial charge in [0.25, 0.3) is 0 Å². The van der Waals surface area contributed by atoms with Gasteiger partial charge in [0.05, 0.1) is 12.1 Å². The summed E-state index contributed by atoms with van der Waals surface area (Å²) in [5.41, 5.74) is -0.470. The summed E-state index contributed by atoms with van der Waals surface area (Å²) in [5.74, 6) is 0. The number of carbonyl (C=O) groups is 1. The van der Waals surface area contributed by atoms with Crippen molar-refractivity contribution in [2.45, 2.75) is 45.4 Å². The second-order valence-electron chi connectivity index (χ2n) is 5.23.